The fraction of sp³-hybridized carbons (Fsp3) is 0.200. The van der Waals surface area contributed by atoms with Gasteiger partial charge in [0, 0.05) is 29.6 Å². The summed E-state index contributed by atoms with van der Waals surface area (Å²) < 4.78 is 20.5. The maximum Gasteiger partial charge on any atom is 0.252 e. The van der Waals surface area contributed by atoms with Gasteiger partial charge in [-0.3, -0.25) is 4.79 Å². The van der Waals surface area contributed by atoms with E-state index in [1.165, 1.54) is 12.1 Å². The quantitative estimate of drug-likeness (QED) is 0.262. The topological polar surface area (TPSA) is 55.6 Å². The molecule has 7 heteroatoms. The van der Waals surface area contributed by atoms with Gasteiger partial charge in [-0.2, -0.15) is 0 Å². The zero-order valence-corrected chi connectivity index (χ0v) is 18.4. The largest absolute Gasteiger partial charge is 0.494 e. The van der Waals surface area contributed by atoms with E-state index in [2.05, 4.69) is 10.3 Å². The van der Waals surface area contributed by atoms with Crippen LogP contribution in [0.1, 0.15) is 28.9 Å². The highest BCUT2D eigenvalue weighted by Gasteiger charge is 2.12. The summed E-state index contributed by atoms with van der Waals surface area (Å²) in [5, 5.41) is 2.99. The molecule has 0 aliphatic rings. The third-order valence-electron chi connectivity index (χ3n) is 4.86. The molecule has 0 aliphatic heterocycles. The first-order chi connectivity index (χ1) is 15.7. The van der Waals surface area contributed by atoms with E-state index >= 15 is 0 Å². The number of ether oxygens (including phenoxy) is 1. The molecule has 32 heavy (non-hydrogen) atoms. The number of benzene rings is 2. The average molecular weight is 450 g/mol. The van der Waals surface area contributed by atoms with Crippen LogP contribution in [0.25, 0.3) is 5.65 Å². The van der Waals surface area contributed by atoms with Crippen LogP contribution in [-0.2, 0) is 5.75 Å². The van der Waals surface area contributed by atoms with Crippen LogP contribution in [0.4, 0.5) is 4.39 Å². The number of aromatic nitrogens is 2. The van der Waals surface area contributed by atoms with E-state index in [0.29, 0.717) is 30.2 Å². The van der Waals surface area contributed by atoms with E-state index in [4.69, 9.17) is 4.74 Å². The fourth-order valence-corrected chi connectivity index (χ4v) is 4.17. The molecular formula is C25H24FN3O2S. The number of unbranched alkanes of at least 4 members (excludes halogenated alkanes) is 1. The van der Waals surface area contributed by atoms with E-state index in [-0.39, 0.29) is 11.7 Å². The normalized spacial score (nSPS) is 10.9. The Morgan fingerprint density at radius 3 is 2.69 bits per heavy atom. The number of hydrogen-bond donors (Lipinski definition) is 1. The highest BCUT2D eigenvalue weighted by Crippen LogP contribution is 2.26. The van der Waals surface area contributed by atoms with Crippen molar-refractivity contribution in [3.63, 3.8) is 0 Å². The van der Waals surface area contributed by atoms with Crippen LogP contribution in [0.3, 0.4) is 0 Å². The standard InChI is InChI=1S/C25H24FN3O2S/c26-19-10-12-21(13-11-19)31-16-6-4-14-27-25(30)22-7-1-2-8-23(22)32-18-20-17-29-15-5-3-9-24(29)28-20/h1-3,5,7-13,15,17H,4,6,14,16,18H2,(H,27,30). The summed E-state index contributed by atoms with van der Waals surface area (Å²) in [5.41, 5.74) is 2.55. The molecule has 5 nitrogen and oxygen atoms in total. The second kappa shape index (κ2) is 10.8. The molecule has 164 valence electrons. The van der Waals surface area contributed by atoms with E-state index < -0.39 is 0 Å². The Labute approximate surface area is 190 Å². The maximum atomic E-state index is 12.9. The van der Waals surface area contributed by atoms with Gasteiger partial charge in [-0.15, -0.1) is 11.8 Å². The minimum atomic E-state index is -0.281. The summed E-state index contributed by atoms with van der Waals surface area (Å²) in [5.74, 6) is 0.971. The van der Waals surface area contributed by atoms with E-state index in [0.717, 1.165) is 29.1 Å². The Morgan fingerprint density at radius 1 is 1.03 bits per heavy atom. The molecule has 4 rings (SSSR count). The van der Waals surface area contributed by atoms with Gasteiger partial charge in [-0.1, -0.05) is 18.2 Å². The van der Waals surface area contributed by atoms with Crippen LogP contribution in [0.5, 0.6) is 5.75 Å². The van der Waals surface area contributed by atoms with Crippen LogP contribution in [-0.4, -0.2) is 28.4 Å². The minimum Gasteiger partial charge on any atom is -0.494 e. The molecule has 0 saturated heterocycles. The van der Waals surface area contributed by atoms with Crippen molar-refractivity contribution in [3.8, 4) is 5.75 Å². The molecule has 0 unspecified atom stereocenters. The van der Waals surface area contributed by atoms with Gasteiger partial charge < -0.3 is 14.5 Å². The lowest BCUT2D eigenvalue weighted by atomic mass is 10.2. The first-order valence-corrected chi connectivity index (χ1v) is 11.5. The molecule has 0 aliphatic carbocycles. The zero-order chi connectivity index (χ0) is 22.2. The molecule has 2 aromatic carbocycles. The lowest BCUT2D eigenvalue weighted by Gasteiger charge is -2.10. The Hall–Kier alpha value is -3.32. The molecule has 0 radical (unpaired) electrons. The third kappa shape index (κ3) is 5.88. The zero-order valence-electron chi connectivity index (χ0n) is 17.5. The van der Waals surface area contributed by atoms with Crippen molar-refractivity contribution in [2.45, 2.75) is 23.5 Å². The fourth-order valence-electron chi connectivity index (χ4n) is 3.23. The van der Waals surface area contributed by atoms with Crippen molar-refractivity contribution in [3.05, 3.63) is 96.2 Å². The molecular weight excluding hydrogens is 425 g/mol. The Bertz CT molecular complexity index is 1140. The van der Waals surface area contributed by atoms with Crippen LogP contribution in [0.15, 0.2) is 84.0 Å². The highest BCUT2D eigenvalue weighted by molar-refractivity contribution is 7.98. The summed E-state index contributed by atoms with van der Waals surface area (Å²) in [6.45, 7) is 1.09. The van der Waals surface area contributed by atoms with Crippen molar-refractivity contribution >= 4 is 23.3 Å². The molecule has 0 atom stereocenters. The highest BCUT2D eigenvalue weighted by atomic mass is 32.2. The maximum absolute atomic E-state index is 12.9. The van der Waals surface area contributed by atoms with Gasteiger partial charge >= 0.3 is 0 Å². The molecule has 0 fully saturated rings. The van der Waals surface area contributed by atoms with Crippen molar-refractivity contribution in [2.75, 3.05) is 13.2 Å². The van der Waals surface area contributed by atoms with Gasteiger partial charge in [-0.05, 0) is 61.4 Å². The molecule has 2 heterocycles. The van der Waals surface area contributed by atoms with Crippen LogP contribution < -0.4 is 10.1 Å². The van der Waals surface area contributed by atoms with Crippen molar-refractivity contribution in [1.82, 2.24) is 14.7 Å². The molecule has 2 aromatic heterocycles. The SMILES string of the molecule is O=C(NCCCCOc1ccc(F)cc1)c1ccccc1SCc1cn2ccccc2n1. The van der Waals surface area contributed by atoms with Crippen LogP contribution in [0.2, 0.25) is 0 Å². The smallest absolute Gasteiger partial charge is 0.252 e. The number of thioether (sulfide) groups is 1. The number of pyridine rings is 1. The van der Waals surface area contributed by atoms with Crippen molar-refractivity contribution in [1.29, 1.82) is 0 Å². The number of fused-ring (bicyclic) bond motifs is 1. The lowest BCUT2D eigenvalue weighted by Crippen LogP contribution is -2.25. The molecule has 0 bridgehead atoms. The van der Waals surface area contributed by atoms with E-state index in [1.807, 2.05) is 59.3 Å². The van der Waals surface area contributed by atoms with Crippen LogP contribution in [0, 0.1) is 5.82 Å². The third-order valence-corrected chi connectivity index (χ3v) is 5.97. The predicted molar refractivity (Wildman–Crippen MR) is 125 cm³/mol. The average Bonchev–Trinajstić information content (AvgIpc) is 3.24. The number of carbonyl (C=O) groups excluding carboxylic acids is 1. The Kier molecular flexibility index (Phi) is 7.40. The predicted octanol–water partition coefficient (Wildman–Crippen LogP) is 5.35. The van der Waals surface area contributed by atoms with Gasteiger partial charge in [0.15, 0.2) is 0 Å². The van der Waals surface area contributed by atoms with Crippen LogP contribution >= 0.6 is 11.8 Å². The van der Waals surface area contributed by atoms with Gasteiger partial charge in [0.05, 0.1) is 17.9 Å². The van der Waals surface area contributed by atoms with Gasteiger partial charge in [-0.25, -0.2) is 9.37 Å². The first kappa shape index (κ1) is 21.9. The molecule has 1 N–H and O–H groups in total. The summed E-state index contributed by atoms with van der Waals surface area (Å²) in [6.07, 6.45) is 5.58. The van der Waals surface area contributed by atoms with E-state index in [9.17, 15) is 9.18 Å². The van der Waals surface area contributed by atoms with Crippen molar-refractivity contribution in [2.24, 2.45) is 0 Å². The lowest BCUT2D eigenvalue weighted by molar-refractivity contribution is 0.0949. The van der Waals surface area contributed by atoms with Gasteiger partial charge in [0.25, 0.3) is 5.91 Å². The first-order valence-electron chi connectivity index (χ1n) is 10.5. The summed E-state index contributed by atoms with van der Waals surface area (Å²) in [6, 6.07) is 19.5. The second-order valence-corrected chi connectivity index (χ2v) is 8.27. The Morgan fingerprint density at radius 2 is 1.84 bits per heavy atom. The monoisotopic (exact) mass is 449 g/mol. The number of nitrogens with zero attached hydrogens (tertiary/aromatic N) is 2. The summed E-state index contributed by atoms with van der Waals surface area (Å²) >= 11 is 1.61. The number of rotatable bonds is 10. The van der Waals surface area contributed by atoms with E-state index in [1.54, 1.807) is 23.9 Å². The number of halogens is 1. The molecule has 0 spiro atoms. The number of nitrogens with one attached hydrogen (secondary N) is 1. The van der Waals surface area contributed by atoms with Gasteiger partial charge in [0.1, 0.15) is 17.2 Å². The summed E-state index contributed by atoms with van der Waals surface area (Å²) in [4.78, 5) is 18.2. The van der Waals surface area contributed by atoms with Crippen molar-refractivity contribution < 1.29 is 13.9 Å². The molecule has 4 aromatic rings. The number of amides is 1. The molecule has 0 saturated carbocycles. The minimum absolute atomic E-state index is 0.0810. The van der Waals surface area contributed by atoms with Gasteiger partial charge in [0.2, 0.25) is 0 Å². The number of hydrogen-bond acceptors (Lipinski definition) is 4. The molecule has 1 amide bonds. The number of carbonyl (C=O) groups is 1. The Balaban J connectivity index is 1.23. The second-order valence-electron chi connectivity index (χ2n) is 7.25. The summed E-state index contributed by atoms with van der Waals surface area (Å²) in [7, 11) is 0. The number of imidazole rings is 1.